The molecule has 0 unspecified atom stereocenters. The van der Waals surface area contributed by atoms with Gasteiger partial charge in [0, 0.05) is 18.2 Å². The van der Waals surface area contributed by atoms with Gasteiger partial charge in [0.1, 0.15) is 5.82 Å². The van der Waals surface area contributed by atoms with E-state index in [1.807, 2.05) is 0 Å². The maximum absolute atomic E-state index is 13.1. The van der Waals surface area contributed by atoms with Crippen LogP contribution < -0.4 is 0 Å². The van der Waals surface area contributed by atoms with Crippen molar-refractivity contribution in [1.82, 2.24) is 4.90 Å². The molecule has 1 aliphatic carbocycles. The minimum absolute atomic E-state index is 0.161. The molecular formula is C14H16FNO3. The zero-order valence-corrected chi connectivity index (χ0v) is 10.8. The summed E-state index contributed by atoms with van der Waals surface area (Å²) in [6.45, 7) is 0.312. The first kappa shape index (κ1) is 13.5. The molecule has 0 atom stereocenters. The van der Waals surface area contributed by atoms with Crippen LogP contribution in [0.5, 0.6) is 0 Å². The summed E-state index contributed by atoms with van der Waals surface area (Å²) in [6.07, 6.45) is 2.03. The molecule has 1 fully saturated rings. The van der Waals surface area contributed by atoms with Crippen LogP contribution in [-0.2, 0) is 9.53 Å². The van der Waals surface area contributed by atoms with E-state index in [0.29, 0.717) is 12.1 Å². The van der Waals surface area contributed by atoms with Gasteiger partial charge in [-0.25, -0.2) is 4.39 Å². The van der Waals surface area contributed by atoms with E-state index in [4.69, 9.17) is 0 Å². The topological polar surface area (TPSA) is 46.6 Å². The number of hydrogen-bond acceptors (Lipinski definition) is 3. The Morgan fingerprint density at radius 2 is 2.16 bits per heavy atom. The van der Waals surface area contributed by atoms with Crippen molar-refractivity contribution in [2.24, 2.45) is 0 Å². The molecule has 19 heavy (non-hydrogen) atoms. The van der Waals surface area contributed by atoms with Gasteiger partial charge >= 0.3 is 5.97 Å². The highest BCUT2D eigenvalue weighted by Gasteiger charge is 2.33. The lowest BCUT2D eigenvalue weighted by Gasteiger charge is -2.22. The summed E-state index contributed by atoms with van der Waals surface area (Å²) in [5, 5.41) is 0. The Balaban J connectivity index is 2.06. The van der Waals surface area contributed by atoms with Gasteiger partial charge in [-0.15, -0.1) is 0 Å². The average Bonchev–Trinajstić information content (AvgIpc) is 3.23. The van der Waals surface area contributed by atoms with Gasteiger partial charge in [0.15, 0.2) is 0 Å². The monoisotopic (exact) mass is 265 g/mol. The highest BCUT2D eigenvalue weighted by Crippen LogP contribution is 2.28. The number of halogens is 1. The summed E-state index contributed by atoms with van der Waals surface area (Å²) in [6, 6.07) is 5.77. The van der Waals surface area contributed by atoms with Crippen LogP contribution in [0.25, 0.3) is 0 Å². The van der Waals surface area contributed by atoms with E-state index in [0.717, 1.165) is 12.8 Å². The van der Waals surface area contributed by atoms with Crippen molar-refractivity contribution in [1.29, 1.82) is 0 Å². The van der Waals surface area contributed by atoms with Gasteiger partial charge in [-0.1, -0.05) is 6.07 Å². The van der Waals surface area contributed by atoms with Crippen LogP contribution in [0.4, 0.5) is 4.39 Å². The predicted molar refractivity (Wildman–Crippen MR) is 67.1 cm³/mol. The van der Waals surface area contributed by atoms with E-state index in [1.54, 1.807) is 11.0 Å². The van der Waals surface area contributed by atoms with Crippen molar-refractivity contribution in [3.05, 3.63) is 35.6 Å². The Bertz CT molecular complexity index is 485. The summed E-state index contributed by atoms with van der Waals surface area (Å²) in [7, 11) is 1.32. The number of carbonyl (C=O) groups excluding carboxylic acids is 2. The number of carbonyl (C=O) groups is 2. The Morgan fingerprint density at radius 3 is 2.74 bits per heavy atom. The minimum Gasteiger partial charge on any atom is -0.469 e. The molecule has 0 aliphatic heterocycles. The fourth-order valence-electron chi connectivity index (χ4n) is 1.94. The highest BCUT2D eigenvalue weighted by atomic mass is 19.1. The van der Waals surface area contributed by atoms with E-state index in [9.17, 15) is 14.0 Å². The predicted octanol–water partition coefficient (Wildman–Crippen LogP) is 1.99. The molecule has 0 heterocycles. The van der Waals surface area contributed by atoms with Crippen LogP contribution in [0.1, 0.15) is 29.6 Å². The summed E-state index contributed by atoms with van der Waals surface area (Å²) in [5.74, 6) is -1.02. The Morgan fingerprint density at radius 1 is 1.42 bits per heavy atom. The third-order valence-electron chi connectivity index (χ3n) is 3.10. The van der Waals surface area contributed by atoms with Crippen molar-refractivity contribution in [2.75, 3.05) is 13.7 Å². The molecule has 1 saturated carbocycles. The molecule has 1 aromatic rings. The molecule has 1 amide bonds. The molecule has 102 valence electrons. The third kappa shape index (κ3) is 3.53. The molecule has 5 heteroatoms. The zero-order chi connectivity index (χ0) is 13.8. The Kier molecular flexibility index (Phi) is 4.14. The normalized spacial score (nSPS) is 14.0. The molecule has 1 aromatic carbocycles. The fraction of sp³-hybridized carbons (Fsp3) is 0.429. The van der Waals surface area contributed by atoms with Crippen LogP contribution in [0.15, 0.2) is 24.3 Å². The number of amides is 1. The lowest BCUT2D eigenvalue weighted by Crippen LogP contribution is -2.35. The molecular weight excluding hydrogens is 249 g/mol. The quantitative estimate of drug-likeness (QED) is 0.765. The van der Waals surface area contributed by atoms with E-state index in [1.165, 1.54) is 25.3 Å². The summed E-state index contributed by atoms with van der Waals surface area (Å²) >= 11 is 0. The molecule has 2 rings (SSSR count). The standard InChI is InChI=1S/C14H16FNO3/c1-19-13(17)7-8-16(12-5-6-12)14(18)10-3-2-4-11(15)9-10/h2-4,9,12H,5-8H2,1H3. The van der Waals surface area contributed by atoms with Crippen LogP contribution in [-0.4, -0.2) is 36.5 Å². The lowest BCUT2D eigenvalue weighted by atomic mass is 10.2. The second-order valence-corrected chi connectivity index (χ2v) is 4.57. The Hall–Kier alpha value is -1.91. The minimum atomic E-state index is -0.436. The molecule has 0 spiro atoms. The maximum Gasteiger partial charge on any atom is 0.307 e. The SMILES string of the molecule is COC(=O)CCN(C(=O)c1cccc(F)c1)C1CC1. The van der Waals surface area contributed by atoms with E-state index >= 15 is 0 Å². The molecule has 0 radical (unpaired) electrons. The molecule has 0 aromatic heterocycles. The molecule has 4 nitrogen and oxygen atoms in total. The van der Waals surface area contributed by atoms with E-state index in [-0.39, 0.29) is 24.3 Å². The van der Waals surface area contributed by atoms with Crippen molar-refractivity contribution in [3.8, 4) is 0 Å². The first-order valence-electron chi connectivity index (χ1n) is 6.25. The van der Waals surface area contributed by atoms with Crippen molar-refractivity contribution < 1.29 is 18.7 Å². The van der Waals surface area contributed by atoms with Gasteiger partial charge in [0.25, 0.3) is 5.91 Å². The number of ether oxygens (including phenoxy) is 1. The fourth-order valence-corrected chi connectivity index (χ4v) is 1.94. The van der Waals surface area contributed by atoms with E-state index in [2.05, 4.69) is 4.74 Å². The van der Waals surface area contributed by atoms with Gasteiger partial charge in [0.05, 0.1) is 13.5 Å². The molecule has 1 aliphatic rings. The Labute approximate surface area is 111 Å². The zero-order valence-electron chi connectivity index (χ0n) is 10.8. The van der Waals surface area contributed by atoms with Gasteiger partial charge in [-0.3, -0.25) is 9.59 Å². The van der Waals surface area contributed by atoms with Crippen LogP contribution in [0.3, 0.4) is 0 Å². The van der Waals surface area contributed by atoms with Crippen molar-refractivity contribution >= 4 is 11.9 Å². The largest absolute Gasteiger partial charge is 0.469 e. The lowest BCUT2D eigenvalue weighted by molar-refractivity contribution is -0.140. The summed E-state index contributed by atoms with van der Waals surface area (Å²) in [4.78, 5) is 25.1. The first-order valence-corrected chi connectivity index (χ1v) is 6.25. The summed E-state index contributed by atoms with van der Waals surface area (Å²) < 4.78 is 17.7. The molecule has 0 bridgehead atoms. The third-order valence-corrected chi connectivity index (χ3v) is 3.10. The number of hydrogen-bond donors (Lipinski definition) is 0. The highest BCUT2D eigenvalue weighted by molar-refractivity contribution is 5.94. The summed E-state index contributed by atoms with van der Waals surface area (Å²) in [5.41, 5.74) is 0.316. The van der Waals surface area contributed by atoms with Gasteiger partial charge in [0.2, 0.25) is 0 Å². The second kappa shape index (κ2) is 5.82. The number of nitrogens with zero attached hydrogens (tertiary/aromatic N) is 1. The maximum atomic E-state index is 13.1. The van der Waals surface area contributed by atoms with Crippen LogP contribution in [0, 0.1) is 5.82 Å². The number of methoxy groups -OCH3 is 1. The van der Waals surface area contributed by atoms with E-state index < -0.39 is 5.82 Å². The van der Waals surface area contributed by atoms with Crippen molar-refractivity contribution in [3.63, 3.8) is 0 Å². The molecule has 0 N–H and O–H groups in total. The second-order valence-electron chi connectivity index (χ2n) is 4.57. The smallest absolute Gasteiger partial charge is 0.307 e. The van der Waals surface area contributed by atoms with Gasteiger partial charge in [-0.2, -0.15) is 0 Å². The number of benzene rings is 1. The first-order chi connectivity index (χ1) is 9.11. The van der Waals surface area contributed by atoms with Crippen LogP contribution in [0.2, 0.25) is 0 Å². The van der Waals surface area contributed by atoms with Crippen LogP contribution >= 0.6 is 0 Å². The van der Waals surface area contributed by atoms with Gasteiger partial charge in [-0.05, 0) is 31.0 Å². The average molecular weight is 265 g/mol. The van der Waals surface area contributed by atoms with Crippen molar-refractivity contribution in [2.45, 2.75) is 25.3 Å². The number of rotatable bonds is 5. The number of esters is 1. The van der Waals surface area contributed by atoms with Gasteiger partial charge < -0.3 is 9.64 Å². The molecule has 0 saturated heterocycles.